The zero-order valence-corrected chi connectivity index (χ0v) is 18.2. The predicted molar refractivity (Wildman–Crippen MR) is 111 cm³/mol. The van der Waals surface area contributed by atoms with Crippen LogP contribution in [0.3, 0.4) is 0 Å². The Bertz CT molecular complexity index is 892. The number of carbonyl (C=O) groups is 1. The lowest BCUT2D eigenvalue weighted by Crippen LogP contribution is -2.50. The Hall–Kier alpha value is -1.35. The number of rotatable bonds is 5. The molecule has 144 valence electrons. The van der Waals surface area contributed by atoms with Crippen molar-refractivity contribution in [2.75, 3.05) is 31.9 Å². The lowest BCUT2D eigenvalue weighted by Gasteiger charge is -2.34. The quantitative estimate of drug-likeness (QED) is 0.631. The molecule has 0 radical (unpaired) electrons. The summed E-state index contributed by atoms with van der Waals surface area (Å²) in [5, 5.41) is 0. The second kappa shape index (κ2) is 8.77. The van der Waals surface area contributed by atoms with Gasteiger partial charge in [-0.25, -0.2) is 8.42 Å². The summed E-state index contributed by atoms with van der Waals surface area (Å²) in [4.78, 5) is 15.5. The molecule has 0 unspecified atom stereocenters. The highest BCUT2D eigenvalue weighted by atomic mass is 79.9. The van der Waals surface area contributed by atoms with Crippen molar-refractivity contribution >= 4 is 43.6 Å². The van der Waals surface area contributed by atoms with E-state index in [4.69, 9.17) is 0 Å². The molecule has 0 atom stereocenters. The first-order chi connectivity index (χ1) is 12.9. The number of hydrogen-bond donors (Lipinski definition) is 0. The van der Waals surface area contributed by atoms with Crippen molar-refractivity contribution in [2.24, 2.45) is 0 Å². The molecule has 1 heterocycles. The van der Waals surface area contributed by atoms with E-state index in [-0.39, 0.29) is 5.91 Å². The fraction of sp³-hybridized carbons (Fsp3) is 0.316. The number of amides is 1. The van der Waals surface area contributed by atoms with Crippen LogP contribution in [0, 0.1) is 6.92 Å². The fourth-order valence-electron chi connectivity index (χ4n) is 2.80. The summed E-state index contributed by atoms with van der Waals surface area (Å²) in [6, 6.07) is 14.7. The molecule has 0 aliphatic carbocycles. The van der Waals surface area contributed by atoms with Gasteiger partial charge in [0.05, 0.1) is 10.6 Å². The van der Waals surface area contributed by atoms with Gasteiger partial charge in [-0.3, -0.25) is 4.79 Å². The standard InChI is InChI=1S/C19H21BrN2O3S2/c1-15-2-8-18(9-3-15)27(24,25)22-12-10-21(11-13-22)19(23)14-26-17-6-4-16(20)5-7-17/h2-9H,10-14H2,1H3. The Balaban J connectivity index is 1.54. The van der Waals surface area contributed by atoms with Crippen LogP contribution in [0.25, 0.3) is 0 Å². The molecule has 8 heteroatoms. The van der Waals surface area contributed by atoms with E-state index in [0.29, 0.717) is 36.8 Å². The minimum Gasteiger partial charge on any atom is -0.339 e. The number of benzene rings is 2. The van der Waals surface area contributed by atoms with Gasteiger partial charge in [0.15, 0.2) is 0 Å². The van der Waals surface area contributed by atoms with Crippen LogP contribution in [0.4, 0.5) is 0 Å². The van der Waals surface area contributed by atoms with Crippen LogP contribution >= 0.6 is 27.7 Å². The van der Waals surface area contributed by atoms with Crippen LogP contribution in [0.15, 0.2) is 62.8 Å². The molecular formula is C19H21BrN2O3S2. The highest BCUT2D eigenvalue weighted by Gasteiger charge is 2.29. The molecule has 2 aromatic carbocycles. The number of carbonyl (C=O) groups excluding carboxylic acids is 1. The summed E-state index contributed by atoms with van der Waals surface area (Å²) >= 11 is 4.88. The average Bonchev–Trinajstić information content (AvgIpc) is 2.68. The van der Waals surface area contributed by atoms with Gasteiger partial charge >= 0.3 is 0 Å². The first-order valence-electron chi connectivity index (χ1n) is 8.59. The van der Waals surface area contributed by atoms with E-state index in [1.54, 1.807) is 29.2 Å². The number of sulfonamides is 1. The third-order valence-corrected chi connectivity index (χ3v) is 7.86. The van der Waals surface area contributed by atoms with Crippen molar-refractivity contribution in [3.63, 3.8) is 0 Å². The summed E-state index contributed by atoms with van der Waals surface area (Å²) in [7, 11) is -3.50. The molecule has 0 spiro atoms. The summed E-state index contributed by atoms with van der Waals surface area (Å²) < 4.78 is 27.9. The van der Waals surface area contributed by atoms with E-state index in [9.17, 15) is 13.2 Å². The fourth-order valence-corrected chi connectivity index (χ4v) is 5.29. The molecule has 1 aliphatic heterocycles. The van der Waals surface area contributed by atoms with Crippen LogP contribution < -0.4 is 0 Å². The number of piperazine rings is 1. The molecule has 0 aromatic heterocycles. The van der Waals surface area contributed by atoms with Crippen LogP contribution in [0.2, 0.25) is 0 Å². The van der Waals surface area contributed by atoms with Gasteiger partial charge < -0.3 is 4.90 Å². The first kappa shape index (κ1) is 20.4. The smallest absolute Gasteiger partial charge is 0.243 e. The van der Waals surface area contributed by atoms with E-state index in [1.165, 1.54) is 16.1 Å². The first-order valence-corrected chi connectivity index (χ1v) is 11.8. The van der Waals surface area contributed by atoms with Crippen LogP contribution in [-0.2, 0) is 14.8 Å². The molecular weight excluding hydrogens is 448 g/mol. The van der Waals surface area contributed by atoms with Gasteiger partial charge in [0, 0.05) is 35.5 Å². The van der Waals surface area contributed by atoms with Gasteiger partial charge in [-0.1, -0.05) is 33.6 Å². The van der Waals surface area contributed by atoms with Gasteiger partial charge in [-0.05, 0) is 43.3 Å². The third kappa shape index (κ3) is 5.13. The molecule has 0 N–H and O–H groups in total. The van der Waals surface area contributed by atoms with E-state index < -0.39 is 10.0 Å². The van der Waals surface area contributed by atoms with Crippen molar-refractivity contribution in [3.8, 4) is 0 Å². The maximum absolute atomic E-state index is 12.7. The molecule has 1 aliphatic rings. The number of aryl methyl sites for hydroxylation is 1. The monoisotopic (exact) mass is 468 g/mol. The zero-order valence-electron chi connectivity index (χ0n) is 15.0. The molecule has 1 fully saturated rings. The van der Waals surface area contributed by atoms with E-state index >= 15 is 0 Å². The van der Waals surface area contributed by atoms with Crippen LogP contribution in [0.5, 0.6) is 0 Å². The van der Waals surface area contributed by atoms with Gasteiger partial charge in [0.1, 0.15) is 0 Å². The Morgan fingerprint density at radius 3 is 2.19 bits per heavy atom. The second-order valence-electron chi connectivity index (χ2n) is 6.34. The largest absolute Gasteiger partial charge is 0.339 e. The summed E-state index contributed by atoms with van der Waals surface area (Å²) in [6.45, 7) is 3.42. The Kier molecular flexibility index (Phi) is 6.62. The van der Waals surface area contributed by atoms with Gasteiger partial charge in [0.25, 0.3) is 0 Å². The minimum atomic E-state index is -3.50. The third-order valence-electron chi connectivity index (χ3n) is 4.43. The number of hydrogen-bond acceptors (Lipinski definition) is 4. The van der Waals surface area contributed by atoms with Gasteiger partial charge in [-0.15, -0.1) is 11.8 Å². The maximum Gasteiger partial charge on any atom is 0.243 e. The summed E-state index contributed by atoms with van der Waals surface area (Å²) in [6.07, 6.45) is 0. The van der Waals surface area contributed by atoms with Crippen molar-refractivity contribution in [3.05, 3.63) is 58.6 Å². The lowest BCUT2D eigenvalue weighted by molar-refractivity contribution is -0.129. The zero-order chi connectivity index (χ0) is 19.4. The number of halogens is 1. The predicted octanol–water partition coefficient (Wildman–Crippen LogP) is 3.38. The molecule has 0 bridgehead atoms. The molecule has 1 amide bonds. The average molecular weight is 469 g/mol. The van der Waals surface area contributed by atoms with Crippen LogP contribution in [0.1, 0.15) is 5.56 Å². The SMILES string of the molecule is Cc1ccc(S(=O)(=O)N2CCN(C(=O)CSc3ccc(Br)cc3)CC2)cc1. The highest BCUT2D eigenvalue weighted by molar-refractivity contribution is 9.10. The van der Waals surface area contributed by atoms with Gasteiger partial charge in [-0.2, -0.15) is 4.31 Å². The highest BCUT2D eigenvalue weighted by Crippen LogP contribution is 2.22. The Morgan fingerprint density at radius 2 is 1.59 bits per heavy atom. The minimum absolute atomic E-state index is 0.0373. The molecule has 27 heavy (non-hydrogen) atoms. The summed E-state index contributed by atoms with van der Waals surface area (Å²) in [5.74, 6) is 0.391. The topological polar surface area (TPSA) is 57.7 Å². The van der Waals surface area contributed by atoms with E-state index in [1.807, 2.05) is 31.2 Å². The maximum atomic E-state index is 12.7. The molecule has 3 rings (SSSR count). The number of nitrogens with zero attached hydrogens (tertiary/aromatic N) is 2. The van der Waals surface area contributed by atoms with E-state index in [0.717, 1.165) is 14.9 Å². The molecule has 0 saturated carbocycles. The molecule has 1 saturated heterocycles. The molecule has 2 aromatic rings. The number of thioether (sulfide) groups is 1. The lowest BCUT2D eigenvalue weighted by atomic mass is 10.2. The second-order valence-corrected chi connectivity index (χ2v) is 10.2. The van der Waals surface area contributed by atoms with Crippen LogP contribution in [-0.4, -0.2) is 55.5 Å². The van der Waals surface area contributed by atoms with E-state index in [2.05, 4.69) is 15.9 Å². The molecule has 5 nitrogen and oxygen atoms in total. The van der Waals surface area contributed by atoms with Crippen molar-refractivity contribution in [2.45, 2.75) is 16.7 Å². The van der Waals surface area contributed by atoms with Crippen molar-refractivity contribution in [1.82, 2.24) is 9.21 Å². The normalized spacial score (nSPS) is 15.7. The summed E-state index contributed by atoms with van der Waals surface area (Å²) in [5.41, 5.74) is 1.02. The Labute approximate surface area is 172 Å². The van der Waals surface area contributed by atoms with Crippen molar-refractivity contribution < 1.29 is 13.2 Å². The van der Waals surface area contributed by atoms with Gasteiger partial charge in [0.2, 0.25) is 15.9 Å². The Morgan fingerprint density at radius 1 is 1.00 bits per heavy atom. The van der Waals surface area contributed by atoms with Crippen molar-refractivity contribution in [1.29, 1.82) is 0 Å².